The average Bonchev–Trinajstić information content (AvgIpc) is 1.99. The molecule has 0 aromatic heterocycles. The highest BCUT2D eigenvalue weighted by atomic mass is 16.2. The largest absolute Gasteiger partial charge is 0.399 e. The van der Waals surface area contributed by atoms with Crippen molar-refractivity contribution < 1.29 is 4.79 Å². The lowest BCUT2D eigenvalue weighted by Crippen LogP contribution is -2.20. The number of aryl methyl sites for hydroxylation is 2. The normalized spacial score (nSPS) is 9.69. The van der Waals surface area contributed by atoms with Crippen LogP contribution >= 0.6 is 0 Å². The fraction of sp³-hybridized carbons (Fsp3) is 0.222. The molecule has 2 amide bonds. The molecule has 1 aromatic rings. The highest BCUT2D eigenvalue weighted by molar-refractivity contribution is 5.89. The zero-order valence-corrected chi connectivity index (χ0v) is 7.72. The molecule has 0 bridgehead atoms. The standard InChI is InChI=1S/C9H13N3O/c1-5-4-8(12-9(11)13)6(2)3-7(5)10/h3-4H,10H2,1-2H3,(H3,11,12,13). The zero-order chi connectivity index (χ0) is 10.0. The van der Waals surface area contributed by atoms with Gasteiger partial charge in [-0.1, -0.05) is 0 Å². The number of carbonyl (C=O) groups excluding carboxylic acids is 1. The van der Waals surface area contributed by atoms with Gasteiger partial charge < -0.3 is 16.8 Å². The van der Waals surface area contributed by atoms with Crippen molar-refractivity contribution in [2.24, 2.45) is 5.73 Å². The van der Waals surface area contributed by atoms with Gasteiger partial charge in [0.1, 0.15) is 0 Å². The predicted molar refractivity (Wildman–Crippen MR) is 53.5 cm³/mol. The van der Waals surface area contributed by atoms with Gasteiger partial charge in [-0.15, -0.1) is 0 Å². The van der Waals surface area contributed by atoms with Crippen LogP contribution in [0.5, 0.6) is 0 Å². The van der Waals surface area contributed by atoms with Crippen molar-refractivity contribution in [3.8, 4) is 0 Å². The van der Waals surface area contributed by atoms with Gasteiger partial charge in [0, 0.05) is 11.4 Å². The van der Waals surface area contributed by atoms with Crippen molar-refractivity contribution in [3.63, 3.8) is 0 Å². The van der Waals surface area contributed by atoms with Crippen molar-refractivity contribution in [1.82, 2.24) is 0 Å². The number of anilines is 2. The summed E-state index contributed by atoms with van der Waals surface area (Å²) in [5.74, 6) is 0. The number of nitrogens with one attached hydrogen (secondary N) is 1. The van der Waals surface area contributed by atoms with Gasteiger partial charge in [-0.2, -0.15) is 0 Å². The molecule has 0 heterocycles. The molecule has 0 aliphatic carbocycles. The number of hydrogen-bond donors (Lipinski definition) is 3. The third kappa shape index (κ3) is 2.11. The van der Waals surface area contributed by atoms with E-state index in [1.54, 1.807) is 12.1 Å². The van der Waals surface area contributed by atoms with E-state index in [0.29, 0.717) is 11.4 Å². The third-order valence-corrected chi connectivity index (χ3v) is 1.87. The van der Waals surface area contributed by atoms with E-state index in [-0.39, 0.29) is 0 Å². The smallest absolute Gasteiger partial charge is 0.316 e. The molecule has 70 valence electrons. The predicted octanol–water partition coefficient (Wildman–Crippen LogP) is 1.38. The van der Waals surface area contributed by atoms with Crippen LogP contribution in [0.2, 0.25) is 0 Å². The van der Waals surface area contributed by atoms with E-state index in [1.165, 1.54) is 0 Å². The van der Waals surface area contributed by atoms with Gasteiger partial charge in [-0.05, 0) is 37.1 Å². The molecule has 0 aliphatic heterocycles. The number of carbonyl (C=O) groups is 1. The second-order valence-corrected chi connectivity index (χ2v) is 3.01. The van der Waals surface area contributed by atoms with Gasteiger partial charge in [0.25, 0.3) is 0 Å². The summed E-state index contributed by atoms with van der Waals surface area (Å²) in [6, 6.07) is 3.04. The SMILES string of the molecule is Cc1cc(NC(N)=O)c(C)cc1N. The molecular formula is C9H13N3O. The Bertz CT molecular complexity index is 347. The first kappa shape index (κ1) is 9.38. The lowest BCUT2D eigenvalue weighted by molar-refractivity contribution is 0.259. The van der Waals surface area contributed by atoms with Gasteiger partial charge in [0.2, 0.25) is 0 Å². The van der Waals surface area contributed by atoms with E-state index in [2.05, 4.69) is 5.32 Å². The second-order valence-electron chi connectivity index (χ2n) is 3.01. The molecule has 0 fully saturated rings. The zero-order valence-electron chi connectivity index (χ0n) is 7.72. The molecule has 13 heavy (non-hydrogen) atoms. The Labute approximate surface area is 76.9 Å². The molecule has 0 radical (unpaired) electrons. The summed E-state index contributed by atoms with van der Waals surface area (Å²) >= 11 is 0. The maximum absolute atomic E-state index is 10.6. The van der Waals surface area contributed by atoms with Crippen molar-refractivity contribution in [2.45, 2.75) is 13.8 Å². The van der Waals surface area contributed by atoms with Crippen LogP contribution < -0.4 is 16.8 Å². The lowest BCUT2D eigenvalue weighted by atomic mass is 10.1. The van der Waals surface area contributed by atoms with Crippen molar-refractivity contribution >= 4 is 17.4 Å². The molecule has 4 heteroatoms. The molecule has 0 spiro atoms. The first-order valence-corrected chi connectivity index (χ1v) is 3.94. The number of amides is 2. The fourth-order valence-electron chi connectivity index (χ4n) is 1.11. The Hall–Kier alpha value is -1.71. The Kier molecular flexibility index (Phi) is 2.41. The Balaban J connectivity index is 3.08. The highest BCUT2D eigenvalue weighted by Gasteiger charge is 2.03. The Morgan fingerprint density at radius 3 is 2.46 bits per heavy atom. The number of urea groups is 1. The molecular weight excluding hydrogens is 166 g/mol. The molecule has 1 rings (SSSR count). The molecule has 0 aliphatic rings. The number of rotatable bonds is 1. The summed E-state index contributed by atoms with van der Waals surface area (Å²) < 4.78 is 0. The monoisotopic (exact) mass is 179 g/mol. The molecule has 0 atom stereocenters. The number of primary amides is 1. The third-order valence-electron chi connectivity index (χ3n) is 1.87. The van der Waals surface area contributed by atoms with Crippen molar-refractivity contribution in [3.05, 3.63) is 23.3 Å². The summed E-state index contributed by atoms with van der Waals surface area (Å²) in [6.45, 7) is 3.74. The number of nitrogens with two attached hydrogens (primary N) is 2. The van der Waals surface area contributed by atoms with E-state index >= 15 is 0 Å². The average molecular weight is 179 g/mol. The van der Waals surface area contributed by atoms with Crippen LogP contribution in [0.15, 0.2) is 12.1 Å². The molecule has 4 nitrogen and oxygen atoms in total. The Morgan fingerprint density at radius 2 is 1.92 bits per heavy atom. The van der Waals surface area contributed by atoms with Gasteiger partial charge in [-0.25, -0.2) is 4.79 Å². The van der Waals surface area contributed by atoms with E-state index < -0.39 is 6.03 Å². The molecule has 0 saturated heterocycles. The second kappa shape index (κ2) is 3.35. The summed E-state index contributed by atoms with van der Waals surface area (Å²) in [4.78, 5) is 10.6. The van der Waals surface area contributed by atoms with E-state index in [1.807, 2.05) is 13.8 Å². The number of benzene rings is 1. The Morgan fingerprint density at radius 1 is 1.31 bits per heavy atom. The lowest BCUT2D eigenvalue weighted by Gasteiger charge is -2.09. The summed E-state index contributed by atoms with van der Waals surface area (Å²) in [5.41, 5.74) is 13.9. The van der Waals surface area contributed by atoms with Gasteiger partial charge >= 0.3 is 6.03 Å². The van der Waals surface area contributed by atoms with E-state index in [4.69, 9.17) is 11.5 Å². The molecule has 5 N–H and O–H groups in total. The topological polar surface area (TPSA) is 81.1 Å². The highest BCUT2D eigenvalue weighted by Crippen LogP contribution is 2.21. The first-order valence-electron chi connectivity index (χ1n) is 3.94. The van der Waals surface area contributed by atoms with Crippen LogP contribution in [0, 0.1) is 13.8 Å². The minimum atomic E-state index is -0.563. The van der Waals surface area contributed by atoms with Gasteiger partial charge in [0.15, 0.2) is 0 Å². The number of hydrogen-bond acceptors (Lipinski definition) is 2. The molecule has 0 unspecified atom stereocenters. The van der Waals surface area contributed by atoms with Crippen LogP contribution in [-0.2, 0) is 0 Å². The van der Waals surface area contributed by atoms with E-state index in [9.17, 15) is 4.79 Å². The van der Waals surface area contributed by atoms with Crippen LogP contribution in [-0.4, -0.2) is 6.03 Å². The van der Waals surface area contributed by atoms with Crippen LogP contribution in [0.1, 0.15) is 11.1 Å². The van der Waals surface area contributed by atoms with E-state index in [0.717, 1.165) is 11.1 Å². The van der Waals surface area contributed by atoms with Crippen LogP contribution in [0.4, 0.5) is 16.2 Å². The first-order chi connectivity index (χ1) is 6.00. The summed E-state index contributed by atoms with van der Waals surface area (Å²) in [5, 5.41) is 2.52. The molecule has 0 saturated carbocycles. The quantitative estimate of drug-likeness (QED) is 0.569. The van der Waals surface area contributed by atoms with Crippen LogP contribution in [0.3, 0.4) is 0 Å². The maximum Gasteiger partial charge on any atom is 0.316 e. The maximum atomic E-state index is 10.6. The minimum Gasteiger partial charge on any atom is -0.399 e. The summed E-state index contributed by atoms with van der Waals surface area (Å²) in [6.07, 6.45) is 0. The van der Waals surface area contributed by atoms with Crippen molar-refractivity contribution in [1.29, 1.82) is 0 Å². The number of nitrogen functional groups attached to an aromatic ring is 1. The van der Waals surface area contributed by atoms with Gasteiger partial charge in [0.05, 0.1) is 0 Å². The fourth-order valence-corrected chi connectivity index (χ4v) is 1.11. The van der Waals surface area contributed by atoms with Crippen molar-refractivity contribution in [2.75, 3.05) is 11.1 Å². The minimum absolute atomic E-state index is 0.563. The van der Waals surface area contributed by atoms with Crippen LogP contribution in [0.25, 0.3) is 0 Å². The summed E-state index contributed by atoms with van der Waals surface area (Å²) in [7, 11) is 0. The molecule has 1 aromatic carbocycles. The van der Waals surface area contributed by atoms with Gasteiger partial charge in [-0.3, -0.25) is 0 Å².